The summed E-state index contributed by atoms with van der Waals surface area (Å²) < 4.78 is 0. The fourth-order valence-corrected chi connectivity index (χ4v) is 2.94. The van der Waals surface area contributed by atoms with Crippen LogP contribution in [0.4, 0.5) is 0 Å². The average molecular weight is 266 g/mol. The fourth-order valence-electron chi connectivity index (χ4n) is 2.94. The van der Waals surface area contributed by atoms with Crippen molar-refractivity contribution in [2.75, 3.05) is 19.6 Å². The summed E-state index contributed by atoms with van der Waals surface area (Å²) in [5, 5.41) is 0. The molecule has 3 rings (SSSR count). The van der Waals surface area contributed by atoms with Gasteiger partial charge in [-0.2, -0.15) is 0 Å². The number of nitrogens with two attached hydrogens (primary N) is 1. The van der Waals surface area contributed by atoms with Crippen LogP contribution in [0.25, 0.3) is 11.1 Å². The maximum absolute atomic E-state index is 5.75. The third-order valence-corrected chi connectivity index (χ3v) is 4.17. The lowest BCUT2D eigenvalue weighted by molar-refractivity contribution is 0.318. The summed E-state index contributed by atoms with van der Waals surface area (Å²) in [5.41, 5.74) is 9.71. The number of likely N-dealkylation sites (tertiary alicyclic amines) is 1. The van der Waals surface area contributed by atoms with Crippen molar-refractivity contribution in [2.24, 2.45) is 11.7 Å². The average Bonchev–Trinajstić information content (AvgIpc) is 2.97. The summed E-state index contributed by atoms with van der Waals surface area (Å²) in [7, 11) is 0. The van der Waals surface area contributed by atoms with E-state index in [9.17, 15) is 0 Å². The van der Waals surface area contributed by atoms with Crippen LogP contribution < -0.4 is 5.73 Å². The Kier molecular flexibility index (Phi) is 4.14. The van der Waals surface area contributed by atoms with Crippen LogP contribution in [0.2, 0.25) is 0 Å². The highest BCUT2D eigenvalue weighted by Gasteiger charge is 2.20. The molecular weight excluding hydrogens is 244 g/mol. The largest absolute Gasteiger partial charge is 0.330 e. The Labute approximate surface area is 121 Å². The minimum atomic E-state index is 0.693. The van der Waals surface area contributed by atoms with Crippen LogP contribution in [0.5, 0.6) is 0 Å². The molecule has 0 aliphatic carbocycles. The molecule has 1 heterocycles. The molecule has 1 aliphatic heterocycles. The van der Waals surface area contributed by atoms with E-state index in [-0.39, 0.29) is 0 Å². The second-order valence-corrected chi connectivity index (χ2v) is 5.69. The van der Waals surface area contributed by atoms with Crippen molar-refractivity contribution < 1.29 is 0 Å². The molecule has 0 aromatic heterocycles. The van der Waals surface area contributed by atoms with Crippen LogP contribution >= 0.6 is 0 Å². The van der Waals surface area contributed by atoms with Gasteiger partial charge in [0.05, 0.1) is 0 Å². The van der Waals surface area contributed by atoms with Crippen LogP contribution in [0, 0.1) is 5.92 Å². The first-order chi connectivity index (χ1) is 9.85. The fraction of sp³-hybridized carbons (Fsp3) is 0.333. The van der Waals surface area contributed by atoms with E-state index in [2.05, 4.69) is 59.5 Å². The van der Waals surface area contributed by atoms with Gasteiger partial charge in [0.15, 0.2) is 0 Å². The molecule has 2 N–H and O–H groups in total. The van der Waals surface area contributed by atoms with Crippen molar-refractivity contribution in [3.63, 3.8) is 0 Å². The first-order valence-electron chi connectivity index (χ1n) is 7.42. The van der Waals surface area contributed by atoms with Gasteiger partial charge in [-0.25, -0.2) is 0 Å². The molecule has 0 bridgehead atoms. The van der Waals surface area contributed by atoms with Gasteiger partial charge in [0.2, 0.25) is 0 Å². The zero-order valence-electron chi connectivity index (χ0n) is 11.8. The van der Waals surface area contributed by atoms with Crippen LogP contribution in [-0.4, -0.2) is 24.5 Å². The van der Waals surface area contributed by atoms with Gasteiger partial charge in [-0.05, 0) is 42.1 Å². The summed E-state index contributed by atoms with van der Waals surface area (Å²) in [6.07, 6.45) is 1.25. The lowest BCUT2D eigenvalue weighted by Crippen LogP contribution is -2.22. The van der Waals surface area contributed by atoms with E-state index in [1.165, 1.54) is 29.7 Å². The van der Waals surface area contributed by atoms with Crippen LogP contribution in [0.15, 0.2) is 54.6 Å². The summed E-state index contributed by atoms with van der Waals surface area (Å²) in [6.45, 7) is 4.20. The van der Waals surface area contributed by atoms with Crippen molar-refractivity contribution in [3.05, 3.63) is 60.2 Å². The monoisotopic (exact) mass is 266 g/mol. The molecule has 2 aromatic carbocycles. The maximum Gasteiger partial charge on any atom is 0.0233 e. The van der Waals surface area contributed by atoms with Gasteiger partial charge >= 0.3 is 0 Å². The van der Waals surface area contributed by atoms with Gasteiger partial charge in [0, 0.05) is 13.1 Å². The van der Waals surface area contributed by atoms with Gasteiger partial charge in [-0.3, -0.25) is 4.90 Å². The molecule has 1 fully saturated rings. The van der Waals surface area contributed by atoms with E-state index in [0.717, 1.165) is 19.6 Å². The van der Waals surface area contributed by atoms with Crippen molar-refractivity contribution >= 4 is 0 Å². The molecule has 2 nitrogen and oxygen atoms in total. The number of benzene rings is 2. The minimum Gasteiger partial charge on any atom is -0.330 e. The third kappa shape index (κ3) is 3.09. The molecule has 0 saturated carbocycles. The number of nitrogens with zero attached hydrogens (tertiary/aromatic N) is 1. The molecule has 1 aliphatic rings. The first-order valence-corrected chi connectivity index (χ1v) is 7.42. The molecule has 1 atom stereocenters. The predicted octanol–water partition coefficient (Wildman–Crippen LogP) is 3.13. The van der Waals surface area contributed by atoms with E-state index < -0.39 is 0 Å². The van der Waals surface area contributed by atoms with Crippen LogP contribution in [0.1, 0.15) is 12.0 Å². The van der Waals surface area contributed by atoms with Gasteiger partial charge < -0.3 is 5.73 Å². The van der Waals surface area contributed by atoms with Crippen molar-refractivity contribution in [2.45, 2.75) is 13.0 Å². The highest BCUT2D eigenvalue weighted by atomic mass is 15.1. The zero-order valence-corrected chi connectivity index (χ0v) is 11.8. The molecule has 2 aromatic rings. The molecule has 0 radical (unpaired) electrons. The standard InChI is InChI=1S/C18H22N2/c19-12-16-10-11-20(14-16)13-15-6-8-18(9-7-15)17-4-2-1-3-5-17/h1-9,16H,10-14,19H2. The van der Waals surface area contributed by atoms with Crippen LogP contribution in [-0.2, 0) is 6.54 Å². The normalized spacial score (nSPS) is 19.4. The molecule has 20 heavy (non-hydrogen) atoms. The molecule has 0 amide bonds. The second-order valence-electron chi connectivity index (χ2n) is 5.69. The van der Waals surface area contributed by atoms with E-state index in [0.29, 0.717) is 5.92 Å². The second kappa shape index (κ2) is 6.21. The SMILES string of the molecule is NCC1CCN(Cc2ccc(-c3ccccc3)cc2)C1. The number of hydrogen-bond donors (Lipinski definition) is 1. The molecular formula is C18H22N2. The quantitative estimate of drug-likeness (QED) is 0.921. The van der Waals surface area contributed by atoms with E-state index in [1.807, 2.05) is 0 Å². The molecule has 0 spiro atoms. The van der Waals surface area contributed by atoms with E-state index in [1.54, 1.807) is 0 Å². The Bertz CT molecular complexity index is 533. The predicted molar refractivity (Wildman–Crippen MR) is 84.3 cm³/mol. The zero-order chi connectivity index (χ0) is 13.8. The topological polar surface area (TPSA) is 29.3 Å². The van der Waals surface area contributed by atoms with Gasteiger partial charge in [-0.15, -0.1) is 0 Å². The van der Waals surface area contributed by atoms with Gasteiger partial charge in [0.1, 0.15) is 0 Å². The minimum absolute atomic E-state index is 0.693. The lowest BCUT2D eigenvalue weighted by atomic mass is 10.0. The smallest absolute Gasteiger partial charge is 0.0233 e. The Hall–Kier alpha value is -1.64. The van der Waals surface area contributed by atoms with Crippen molar-refractivity contribution in [3.8, 4) is 11.1 Å². The third-order valence-electron chi connectivity index (χ3n) is 4.17. The first kappa shape index (κ1) is 13.3. The highest BCUT2D eigenvalue weighted by molar-refractivity contribution is 5.63. The Morgan fingerprint density at radius 2 is 1.65 bits per heavy atom. The Balaban J connectivity index is 1.65. The Morgan fingerprint density at radius 1 is 0.950 bits per heavy atom. The maximum atomic E-state index is 5.75. The van der Waals surface area contributed by atoms with Gasteiger partial charge in [0.25, 0.3) is 0 Å². The summed E-state index contributed by atoms with van der Waals surface area (Å²) in [4.78, 5) is 2.51. The lowest BCUT2D eigenvalue weighted by Gasteiger charge is -2.16. The Morgan fingerprint density at radius 3 is 2.30 bits per heavy atom. The van der Waals surface area contributed by atoms with E-state index in [4.69, 9.17) is 5.73 Å². The molecule has 2 heteroatoms. The molecule has 1 saturated heterocycles. The summed E-state index contributed by atoms with van der Waals surface area (Å²) >= 11 is 0. The van der Waals surface area contributed by atoms with E-state index >= 15 is 0 Å². The van der Waals surface area contributed by atoms with Gasteiger partial charge in [-0.1, -0.05) is 54.6 Å². The van der Waals surface area contributed by atoms with Crippen molar-refractivity contribution in [1.82, 2.24) is 4.90 Å². The number of hydrogen-bond acceptors (Lipinski definition) is 2. The van der Waals surface area contributed by atoms with Crippen molar-refractivity contribution in [1.29, 1.82) is 0 Å². The summed E-state index contributed by atoms with van der Waals surface area (Å²) in [6, 6.07) is 19.5. The highest BCUT2D eigenvalue weighted by Crippen LogP contribution is 2.21. The molecule has 104 valence electrons. The number of rotatable bonds is 4. The van der Waals surface area contributed by atoms with Crippen LogP contribution in [0.3, 0.4) is 0 Å². The molecule has 1 unspecified atom stereocenters. The summed E-state index contributed by atoms with van der Waals surface area (Å²) in [5.74, 6) is 0.693.